The fraction of sp³-hybridized carbons (Fsp3) is 0.538. The zero-order valence-electron chi connectivity index (χ0n) is 10.6. The van der Waals surface area contributed by atoms with Crippen LogP contribution in [0.4, 0.5) is 6.01 Å². The second-order valence-corrected chi connectivity index (χ2v) is 4.47. The van der Waals surface area contributed by atoms with Crippen molar-refractivity contribution in [1.29, 1.82) is 0 Å². The summed E-state index contributed by atoms with van der Waals surface area (Å²) in [6.07, 6.45) is 2.06. The van der Waals surface area contributed by atoms with Gasteiger partial charge >= 0.3 is 0 Å². The average Bonchev–Trinajstić information content (AvgIpc) is 2.83. The van der Waals surface area contributed by atoms with Crippen LogP contribution in [0.25, 0.3) is 11.2 Å². The third-order valence-electron chi connectivity index (χ3n) is 3.09. The third-order valence-corrected chi connectivity index (χ3v) is 3.09. The van der Waals surface area contributed by atoms with Gasteiger partial charge in [0, 0.05) is 18.8 Å². The number of aryl methyl sites for hydroxylation is 1. The molecule has 5 nitrogen and oxygen atoms in total. The van der Waals surface area contributed by atoms with Crippen molar-refractivity contribution in [3.05, 3.63) is 17.8 Å². The lowest BCUT2D eigenvalue weighted by molar-refractivity contribution is 0.120. The average molecular weight is 247 g/mol. The van der Waals surface area contributed by atoms with Crippen molar-refractivity contribution in [2.75, 3.05) is 31.2 Å². The van der Waals surface area contributed by atoms with Gasteiger partial charge in [-0.05, 0) is 18.6 Å². The van der Waals surface area contributed by atoms with Crippen LogP contribution in [0.15, 0.2) is 16.5 Å². The largest absolute Gasteiger partial charge is 0.404 e. The Bertz CT molecular complexity index is 532. The molecule has 0 saturated carbocycles. The normalized spacial score (nSPS) is 16.4. The number of rotatable bonds is 3. The minimum Gasteiger partial charge on any atom is -0.404 e. The van der Waals surface area contributed by atoms with Crippen LogP contribution >= 0.6 is 0 Å². The molecule has 3 rings (SSSR count). The topological polar surface area (TPSA) is 51.4 Å². The quantitative estimate of drug-likeness (QED) is 0.830. The second-order valence-electron chi connectivity index (χ2n) is 4.47. The van der Waals surface area contributed by atoms with E-state index in [1.807, 2.05) is 12.1 Å². The molecule has 0 aliphatic carbocycles. The van der Waals surface area contributed by atoms with E-state index in [1.54, 1.807) is 0 Å². The van der Waals surface area contributed by atoms with Crippen LogP contribution in [-0.4, -0.2) is 36.3 Å². The van der Waals surface area contributed by atoms with Gasteiger partial charge in [0.05, 0.1) is 13.2 Å². The molecule has 0 aromatic carbocycles. The molecule has 0 atom stereocenters. The van der Waals surface area contributed by atoms with E-state index in [-0.39, 0.29) is 0 Å². The summed E-state index contributed by atoms with van der Waals surface area (Å²) in [5.74, 6) is 0. The van der Waals surface area contributed by atoms with Crippen molar-refractivity contribution in [2.45, 2.75) is 19.8 Å². The van der Waals surface area contributed by atoms with Gasteiger partial charge in [-0.3, -0.25) is 0 Å². The van der Waals surface area contributed by atoms with Crippen LogP contribution in [0.3, 0.4) is 0 Å². The number of ether oxygens (including phenoxy) is 1. The van der Waals surface area contributed by atoms with Crippen molar-refractivity contribution in [3.8, 4) is 0 Å². The molecule has 0 spiro atoms. The minimum atomic E-state index is 0.641. The predicted octanol–water partition coefficient (Wildman–Crippen LogP) is 2.01. The van der Waals surface area contributed by atoms with E-state index in [9.17, 15) is 0 Å². The number of hydrogen-bond donors (Lipinski definition) is 0. The number of hydrogen-bond acceptors (Lipinski definition) is 5. The van der Waals surface area contributed by atoms with Gasteiger partial charge in [-0.15, -0.1) is 0 Å². The number of morpholine rings is 1. The third kappa shape index (κ3) is 2.18. The van der Waals surface area contributed by atoms with Gasteiger partial charge in [0.25, 0.3) is 6.01 Å². The molecule has 1 aliphatic heterocycles. The molecule has 1 fully saturated rings. The fourth-order valence-corrected chi connectivity index (χ4v) is 2.13. The second kappa shape index (κ2) is 4.94. The number of nitrogens with zero attached hydrogens (tertiary/aromatic N) is 3. The van der Waals surface area contributed by atoms with Gasteiger partial charge in [0.1, 0.15) is 5.52 Å². The molecule has 0 amide bonds. The van der Waals surface area contributed by atoms with Gasteiger partial charge in [-0.25, -0.2) is 4.98 Å². The maximum absolute atomic E-state index is 5.74. The molecule has 2 aromatic rings. The number of pyridine rings is 1. The molecule has 0 N–H and O–H groups in total. The molecule has 0 unspecified atom stereocenters. The highest BCUT2D eigenvalue weighted by Crippen LogP contribution is 2.21. The van der Waals surface area contributed by atoms with Crippen LogP contribution < -0.4 is 4.90 Å². The summed E-state index contributed by atoms with van der Waals surface area (Å²) in [4.78, 5) is 11.1. The first kappa shape index (κ1) is 11.5. The first-order valence-corrected chi connectivity index (χ1v) is 6.46. The number of aromatic nitrogens is 2. The van der Waals surface area contributed by atoms with Gasteiger partial charge < -0.3 is 14.1 Å². The molecule has 0 bridgehead atoms. The van der Waals surface area contributed by atoms with Crippen LogP contribution in [0, 0.1) is 0 Å². The first-order chi connectivity index (χ1) is 8.86. The van der Waals surface area contributed by atoms with E-state index in [2.05, 4.69) is 21.8 Å². The van der Waals surface area contributed by atoms with Gasteiger partial charge in [-0.2, -0.15) is 4.98 Å². The van der Waals surface area contributed by atoms with Gasteiger partial charge in [-0.1, -0.05) is 13.3 Å². The van der Waals surface area contributed by atoms with Crippen molar-refractivity contribution in [3.63, 3.8) is 0 Å². The summed E-state index contributed by atoms with van der Waals surface area (Å²) < 4.78 is 11.1. The van der Waals surface area contributed by atoms with Crippen molar-refractivity contribution < 1.29 is 9.15 Å². The smallest absolute Gasteiger partial charge is 0.299 e. The Balaban J connectivity index is 1.89. The van der Waals surface area contributed by atoms with E-state index < -0.39 is 0 Å². The Morgan fingerprint density at radius 3 is 2.83 bits per heavy atom. The predicted molar refractivity (Wildman–Crippen MR) is 68.8 cm³/mol. The Kier molecular flexibility index (Phi) is 3.15. The van der Waals surface area contributed by atoms with Gasteiger partial charge in [0.2, 0.25) is 5.71 Å². The zero-order valence-corrected chi connectivity index (χ0v) is 10.6. The molecule has 1 aliphatic rings. The highest BCUT2D eigenvalue weighted by Gasteiger charge is 2.17. The monoisotopic (exact) mass is 247 g/mol. The Hall–Kier alpha value is -1.62. The summed E-state index contributed by atoms with van der Waals surface area (Å²) in [6.45, 7) is 5.26. The van der Waals surface area contributed by atoms with Crippen LogP contribution in [0.2, 0.25) is 0 Å². The van der Waals surface area contributed by atoms with E-state index in [0.717, 1.165) is 50.4 Å². The molecule has 3 heterocycles. The summed E-state index contributed by atoms with van der Waals surface area (Å²) in [6, 6.07) is 4.67. The lowest BCUT2D eigenvalue weighted by atomic mass is 10.2. The van der Waals surface area contributed by atoms with Crippen molar-refractivity contribution >= 4 is 17.2 Å². The van der Waals surface area contributed by atoms with E-state index in [1.165, 1.54) is 0 Å². The summed E-state index contributed by atoms with van der Waals surface area (Å²) >= 11 is 0. The van der Waals surface area contributed by atoms with E-state index >= 15 is 0 Å². The molecule has 96 valence electrons. The van der Waals surface area contributed by atoms with Crippen molar-refractivity contribution in [1.82, 2.24) is 9.97 Å². The molecule has 2 aromatic heterocycles. The number of anilines is 1. The molecule has 1 saturated heterocycles. The first-order valence-electron chi connectivity index (χ1n) is 6.46. The molecule has 5 heteroatoms. The number of oxazole rings is 1. The van der Waals surface area contributed by atoms with E-state index in [0.29, 0.717) is 11.7 Å². The van der Waals surface area contributed by atoms with Crippen LogP contribution in [0.5, 0.6) is 0 Å². The zero-order chi connectivity index (χ0) is 12.4. The summed E-state index contributed by atoms with van der Waals surface area (Å²) in [7, 11) is 0. The lowest BCUT2D eigenvalue weighted by Gasteiger charge is -2.24. The van der Waals surface area contributed by atoms with E-state index in [4.69, 9.17) is 9.15 Å². The Morgan fingerprint density at radius 2 is 2.06 bits per heavy atom. The van der Waals surface area contributed by atoms with Crippen LogP contribution in [-0.2, 0) is 11.2 Å². The highest BCUT2D eigenvalue weighted by atomic mass is 16.5. The van der Waals surface area contributed by atoms with Crippen molar-refractivity contribution in [2.24, 2.45) is 0 Å². The summed E-state index contributed by atoms with van der Waals surface area (Å²) in [5, 5.41) is 0. The standard InChI is InChI=1S/C13H17N3O2/c1-2-3-10-4-5-11-12(14-10)18-13(15-11)16-6-8-17-9-7-16/h4-5H,2-3,6-9H2,1H3. The SMILES string of the molecule is CCCc1ccc2nc(N3CCOCC3)oc2n1. The Morgan fingerprint density at radius 1 is 1.22 bits per heavy atom. The highest BCUT2D eigenvalue weighted by molar-refractivity contribution is 5.70. The minimum absolute atomic E-state index is 0.641. The number of fused-ring (bicyclic) bond motifs is 1. The van der Waals surface area contributed by atoms with Gasteiger partial charge in [0.15, 0.2) is 0 Å². The Labute approximate surface area is 106 Å². The maximum atomic E-state index is 5.74. The molecular formula is C13H17N3O2. The fourth-order valence-electron chi connectivity index (χ4n) is 2.13. The van der Waals surface area contributed by atoms with Crippen LogP contribution in [0.1, 0.15) is 19.0 Å². The lowest BCUT2D eigenvalue weighted by Crippen LogP contribution is -2.36. The maximum Gasteiger partial charge on any atom is 0.299 e. The molecular weight excluding hydrogens is 230 g/mol. The summed E-state index contributed by atoms with van der Waals surface area (Å²) in [5.41, 5.74) is 2.54. The molecule has 18 heavy (non-hydrogen) atoms. The molecule has 0 radical (unpaired) electrons.